The van der Waals surface area contributed by atoms with E-state index in [0.29, 0.717) is 17.1 Å². The van der Waals surface area contributed by atoms with Gasteiger partial charge in [-0.1, -0.05) is 18.2 Å². The van der Waals surface area contributed by atoms with E-state index >= 15 is 0 Å². The largest absolute Gasteiger partial charge is 0.423 e. The molecule has 0 atom stereocenters. The fourth-order valence-electron chi connectivity index (χ4n) is 2.59. The third-order valence-electron chi connectivity index (χ3n) is 3.92. The predicted molar refractivity (Wildman–Crippen MR) is 87.8 cm³/mol. The van der Waals surface area contributed by atoms with E-state index < -0.39 is 27.7 Å². The number of para-hydroxylation sites is 1. The summed E-state index contributed by atoms with van der Waals surface area (Å²) in [7, 11) is -3.49. The molecule has 1 aromatic carbocycles. The number of esters is 1. The second-order valence-corrected chi connectivity index (χ2v) is 8.57. The van der Waals surface area contributed by atoms with Crippen LogP contribution < -0.4 is 4.74 Å². The molecular weight excluding hydrogens is 353 g/mol. The van der Waals surface area contributed by atoms with Gasteiger partial charge in [-0.05, 0) is 36.4 Å². The molecule has 2 heterocycles. The van der Waals surface area contributed by atoms with E-state index in [2.05, 4.69) is 0 Å². The van der Waals surface area contributed by atoms with Gasteiger partial charge in [0.15, 0.2) is 11.6 Å². The molecule has 1 aliphatic heterocycles. The lowest BCUT2D eigenvalue weighted by Gasteiger charge is -2.29. The van der Waals surface area contributed by atoms with E-state index in [0.717, 1.165) is 0 Å². The minimum absolute atomic E-state index is 0.101. The van der Waals surface area contributed by atoms with Crippen LogP contribution in [0, 0.1) is 11.7 Å². The molecule has 0 amide bonds. The summed E-state index contributed by atoms with van der Waals surface area (Å²) in [4.78, 5) is 12.1. The van der Waals surface area contributed by atoms with E-state index in [9.17, 15) is 17.6 Å². The molecule has 0 bridgehead atoms. The Labute approximate surface area is 143 Å². The highest BCUT2D eigenvalue weighted by Gasteiger charge is 2.33. The molecule has 0 radical (unpaired) electrons. The molecule has 1 aliphatic rings. The van der Waals surface area contributed by atoms with Crippen LogP contribution in [-0.2, 0) is 14.8 Å². The molecule has 0 N–H and O–H groups in total. The molecule has 1 aromatic heterocycles. The molecule has 5 nitrogen and oxygen atoms in total. The van der Waals surface area contributed by atoms with Gasteiger partial charge < -0.3 is 4.74 Å². The zero-order valence-corrected chi connectivity index (χ0v) is 14.4. The molecule has 1 fully saturated rings. The van der Waals surface area contributed by atoms with E-state index in [-0.39, 0.29) is 18.8 Å². The number of hydrogen-bond donors (Lipinski definition) is 0. The van der Waals surface area contributed by atoms with Crippen molar-refractivity contribution in [2.75, 3.05) is 13.1 Å². The zero-order valence-electron chi connectivity index (χ0n) is 12.7. The van der Waals surface area contributed by atoms with Gasteiger partial charge in [-0.2, -0.15) is 4.31 Å². The third-order valence-corrected chi connectivity index (χ3v) is 7.20. The van der Waals surface area contributed by atoms with Gasteiger partial charge in [-0.3, -0.25) is 4.79 Å². The quantitative estimate of drug-likeness (QED) is 0.614. The van der Waals surface area contributed by atoms with Crippen molar-refractivity contribution in [1.82, 2.24) is 4.31 Å². The van der Waals surface area contributed by atoms with Gasteiger partial charge in [0.2, 0.25) is 0 Å². The monoisotopic (exact) mass is 369 g/mol. The van der Waals surface area contributed by atoms with Gasteiger partial charge in [0.05, 0.1) is 5.92 Å². The number of ether oxygens (including phenoxy) is 1. The van der Waals surface area contributed by atoms with Crippen LogP contribution in [0.2, 0.25) is 0 Å². The molecular formula is C16H16FNO4S2. The fraction of sp³-hybridized carbons (Fsp3) is 0.312. The first kappa shape index (κ1) is 17.1. The van der Waals surface area contributed by atoms with Crippen LogP contribution in [-0.4, -0.2) is 31.8 Å². The fourth-order valence-corrected chi connectivity index (χ4v) is 5.20. The summed E-state index contributed by atoms with van der Waals surface area (Å²) < 4.78 is 45.2. The first-order valence-corrected chi connectivity index (χ1v) is 9.80. The predicted octanol–water partition coefficient (Wildman–Crippen LogP) is 2.89. The topological polar surface area (TPSA) is 63.7 Å². The number of benzene rings is 1. The highest BCUT2D eigenvalue weighted by molar-refractivity contribution is 7.91. The zero-order chi connectivity index (χ0) is 17.2. The summed E-state index contributed by atoms with van der Waals surface area (Å²) in [6, 6.07) is 8.97. The average molecular weight is 369 g/mol. The third kappa shape index (κ3) is 3.50. The van der Waals surface area contributed by atoms with Gasteiger partial charge in [-0.15, -0.1) is 11.3 Å². The summed E-state index contributed by atoms with van der Waals surface area (Å²) in [6.07, 6.45) is 0.718. The lowest BCUT2D eigenvalue weighted by molar-refractivity contribution is -0.140. The molecule has 8 heteroatoms. The summed E-state index contributed by atoms with van der Waals surface area (Å²) in [5.74, 6) is -1.65. The summed E-state index contributed by atoms with van der Waals surface area (Å²) in [5.41, 5.74) is 0. The van der Waals surface area contributed by atoms with Crippen LogP contribution in [0.5, 0.6) is 5.75 Å². The highest BCUT2D eigenvalue weighted by atomic mass is 32.2. The van der Waals surface area contributed by atoms with Gasteiger partial charge >= 0.3 is 5.97 Å². The van der Waals surface area contributed by atoms with Crippen LogP contribution in [0.15, 0.2) is 46.0 Å². The Morgan fingerprint density at radius 1 is 1.17 bits per heavy atom. The van der Waals surface area contributed by atoms with Crippen molar-refractivity contribution in [3.8, 4) is 5.75 Å². The van der Waals surface area contributed by atoms with Crippen molar-refractivity contribution >= 4 is 27.3 Å². The van der Waals surface area contributed by atoms with E-state index in [4.69, 9.17) is 4.74 Å². The number of sulfonamides is 1. The normalized spacial score (nSPS) is 16.9. The van der Waals surface area contributed by atoms with Crippen LogP contribution >= 0.6 is 11.3 Å². The van der Waals surface area contributed by atoms with Gasteiger partial charge in [0, 0.05) is 13.1 Å². The summed E-state index contributed by atoms with van der Waals surface area (Å²) in [5, 5.41) is 1.71. The number of piperidine rings is 1. The van der Waals surface area contributed by atoms with Crippen LogP contribution in [0.4, 0.5) is 4.39 Å². The molecule has 0 unspecified atom stereocenters. The van der Waals surface area contributed by atoms with E-state index in [1.54, 1.807) is 23.6 Å². The second kappa shape index (κ2) is 7.00. The molecule has 2 aromatic rings. The van der Waals surface area contributed by atoms with Crippen LogP contribution in [0.1, 0.15) is 12.8 Å². The number of hydrogen-bond acceptors (Lipinski definition) is 5. The number of thiophene rings is 1. The van der Waals surface area contributed by atoms with Gasteiger partial charge in [0.1, 0.15) is 4.21 Å². The smallest absolute Gasteiger partial charge is 0.314 e. The molecule has 1 saturated heterocycles. The molecule has 24 heavy (non-hydrogen) atoms. The Hall–Kier alpha value is -1.77. The lowest BCUT2D eigenvalue weighted by atomic mass is 9.98. The lowest BCUT2D eigenvalue weighted by Crippen LogP contribution is -2.40. The molecule has 3 rings (SSSR count). The number of carbonyl (C=O) groups excluding carboxylic acids is 1. The van der Waals surface area contributed by atoms with Crippen molar-refractivity contribution in [3.05, 3.63) is 47.6 Å². The van der Waals surface area contributed by atoms with Crippen molar-refractivity contribution in [1.29, 1.82) is 0 Å². The number of nitrogens with zero attached hydrogens (tertiary/aromatic N) is 1. The SMILES string of the molecule is O=C(Oc1ccccc1F)C1CCN(S(=O)(=O)c2cccs2)CC1. The first-order valence-electron chi connectivity index (χ1n) is 7.48. The molecule has 128 valence electrons. The van der Waals surface area contributed by atoms with Gasteiger partial charge in [-0.25, -0.2) is 12.8 Å². The Balaban J connectivity index is 1.61. The maximum atomic E-state index is 13.5. The van der Waals surface area contributed by atoms with Crippen molar-refractivity contribution in [2.24, 2.45) is 5.92 Å². The standard InChI is InChI=1S/C16H16FNO4S2/c17-13-4-1-2-5-14(13)22-16(19)12-7-9-18(10-8-12)24(20,21)15-6-3-11-23-15/h1-6,11-12H,7-10H2. The van der Waals surface area contributed by atoms with Crippen molar-refractivity contribution < 1.29 is 22.3 Å². The van der Waals surface area contributed by atoms with Crippen molar-refractivity contribution in [3.63, 3.8) is 0 Å². The van der Waals surface area contributed by atoms with E-state index in [1.165, 1.54) is 33.8 Å². The molecule has 0 saturated carbocycles. The Morgan fingerprint density at radius 3 is 2.50 bits per heavy atom. The first-order chi connectivity index (χ1) is 11.5. The second-order valence-electron chi connectivity index (χ2n) is 5.46. The Kier molecular flexibility index (Phi) is 4.98. The molecule has 0 spiro atoms. The summed E-state index contributed by atoms with van der Waals surface area (Å²) in [6.45, 7) is 0.495. The highest BCUT2D eigenvalue weighted by Crippen LogP contribution is 2.27. The minimum Gasteiger partial charge on any atom is -0.423 e. The van der Waals surface area contributed by atoms with Crippen molar-refractivity contribution in [2.45, 2.75) is 17.1 Å². The number of halogens is 1. The summed E-state index contributed by atoms with van der Waals surface area (Å²) >= 11 is 1.17. The maximum absolute atomic E-state index is 13.5. The number of rotatable bonds is 4. The van der Waals surface area contributed by atoms with Gasteiger partial charge in [0.25, 0.3) is 10.0 Å². The Bertz CT molecular complexity index is 812. The Morgan fingerprint density at radius 2 is 1.88 bits per heavy atom. The maximum Gasteiger partial charge on any atom is 0.314 e. The molecule has 0 aliphatic carbocycles. The minimum atomic E-state index is -3.49. The van der Waals surface area contributed by atoms with Crippen LogP contribution in [0.25, 0.3) is 0 Å². The van der Waals surface area contributed by atoms with E-state index in [1.807, 2.05) is 0 Å². The average Bonchev–Trinajstić information content (AvgIpc) is 3.12. The number of carbonyl (C=O) groups is 1. The van der Waals surface area contributed by atoms with Crippen LogP contribution in [0.3, 0.4) is 0 Å².